The number of benzene rings is 1. The molecule has 1 aromatic carbocycles. The van der Waals surface area contributed by atoms with Crippen molar-refractivity contribution in [2.45, 2.75) is 70.7 Å². The molecule has 10 nitrogen and oxygen atoms in total. The number of carbonyl (C=O) groups is 4. The maximum absolute atomic E-state index is 13.3. The van der Waals surface area contributed by atoms with E-state index < -0.39 is 90.3 Å². The van der Waals surface area contributed by atoms with Gasteiger partial charge in [-0.15, -0.1) is 0 Å². The smallest absolute Gasteiger partial charge is 0.416 e. The predicted molar refractivity (Wildman–Crippen MR) is 111 cm³/mol. The van der Waals surface area contributed by atoms with Crippen LogP contribution in [0.15, 0.2) is 18.2 Å². The van der Waals surface area contributed by atoms with Crippen LogP contribution in [0.1, 0.15) is 38.8 Å². The zero-order valence-electron chi connectivity index (χ0n) is 20.3. The summed E-state index contributed by atoms with van der Waals surface area (Å²) < 4.78 is 106. The maximum Gasteiger partial charge on any atom is 0.416 e. The van der Waals surface area contributed by atoms with Crippen LogP contribution in [0.5, 0.6) is 5.75 Å². The van der Waals surface area contributed by atoms with E-state index >= 15 is 0 Å². The van der Waals surface area contributed by atoms with Crippen molar-refractivity contribution < 1.29 is 69.2 Å². The minimum absolute atomic E-state index is 0.123. The maximum atomic E-state index is 13.3. The molecular weight excluding hydrogens is 536 g/mol. The van der Waals surface area contributed by atoms with Crippen molar-refractivity contribution in [3.05, 3.63) is 29.3 Å². The van der Waals surface area contributed by atoms with Crippen LogP contribution in [-0.2, 0) is 50.5 Å². The lowest BCUT2D eigenvalue weighted by atomic mass is 9.96. The first-order valence-electron chi connectivity index (χ1n) is 10.7. The van der Waals surface area contributed by atoms with Gasteiger partial charge in [-0.2, -0.15) is 26.3 Å². The van der Waals surface area contributed by atoms with E-state index in [0.29, 0.717) is 0 Å². The lowest BCUT2D eigenvalue weighted by Crippen LogP contribution is -2.67. The highest BCUT2D eigenvalue weighted by Gasteiger charge is 2.52. The Morgan fingerprint density at radius 2 is 1.32 bits per heavy atom. The Balaban J connectivity index is 2.62. The molecule has 1 heterocycles. The Morgan fingerprint density at radius 1 is 0.816 bits per heavy atom. The van der Waals surface area contributed by atoms with Crippen LogP contribution in [0.4, 0.5) is 26.3 Å². The molecule has 0 spiro atoms. The largest absolute Gasteiger partial charge is 0.463 e. The van der Waals surface area contributed by atoms with E-state index in [1.54, 1.807) is 0 Å². The Labute approximate surface area is 211 Å². The topological polar surface area (TPSA) is 126 Å². The van der Waals surface area contributed by atoms with Crippen LogP contribution in [0.2, 0.25) is 0 Å². The van der Waals surface area contributed by atoms with Crippen LogP contribution in [0.3, 0.4) is 0 Å². The second-order valence-corrected chi connectivity index (χ2v) is 8.08. The van der Waals surface area contributed by atoms with Crippen molar-refractivity contribution in [2.24, 2.45) is 0 Å². The van der Waals surface area contributed by atoms with E-state index in [-0.39, 0.29) is 18.2 Å². The average Bonchev–Trinajstić information content (AvgIpc) is 2.74. The van der Waals surface area contributed by atoms with E-state index in [1.165, 1.54) is 0 Å². The number of halogens is 6. The molecule has 0 saturated carbocycles. The zero-order chi connectivity index (χ0) is 29.0. The first-order valence-corrected chi connectivity index (χ1v) is 10.7. The first kappa shape index (κ1) is 30.7. The van der Waals surface area contributed by atoms with E-state index in [1.807, 2.05) is 0 Å². The molecule has 1 aliphatic rings. The molecular formula is C22H23F6NO9. The number of rotatable bonds is 7. The Hall–Kier alpha value is -3.56. The fourth-order valence-corrected chi connectivity index (χ4v) is 3.52. The van der Waals surface area contributed by atoms with Gasteiger partial charge >= 0.3 is 30.3 Å². The first-order chi connectivity index (χ1) is 17.4. The van der Waals surface area contributed by atoms with Gasteiger partial charge in [0.1, 0.15) is 24.5 Å². The number of carbonyl (C=O) groups excluding carboxylic acids is 4. The Bertz CT molecular complexity index is 1030. The third-order valence-electron chi connectivity index (χ3n) is 4.88. The van der Waals surface area contributed by atoms with Crippen molar-refractivity contribution in [2.75, 3.05) is 6.61 Å². The molecule has 0 radical (unpaired) electrons. The lowest BCUT2D eigenvalue weighted by molar-refractivity contribution is -0.257. The fraction of sp³-hybridized carbons (Fsp3) is 0.545. The van der Waals surface area contributed by atoms with Crippen LogP contribution in [0.25, 0.3) is 0 Å². The third kappa shape index (κ3) is 8.49. The Morgan fingerprint density at radius 3 is 1.74 bits per heavy atom. The van der Waals surface area contributed by atoms with Gasteiger partial charge in [0.15, 0.2) is 12.2 Å². The van der Waals surface area contributed by atoms with E-state index in [9.17, 15) is 45.5 Å². The van der Waals surface area contributed by atoms with Gasteiger partial charge in [0.25, 0.3) is 0 Å². The number of hydrogen-bond donors (Lipinski definition) is 1. The summed E-state index contributed by atoms with van der Waals surface area (Å²) in [6.45, 7) is 3.28. The highest BCUT2D eigenvalue weighted by molar-refractivity contribution is 5.73. The average molecular weight is 559 g/mol. The molecule has 0 unspecified atom stereocenters. The molecule has 212 valence electrons. The predicted octanol–water partition coefficient (Wildman–Crippen LogP) is 2.76. The van der Waals surface area contributed by atoms with Gasteiger partial charge in [-0.25, -0.2) is 0 Å². The standard InChI is InChI=1S/C22H23F6NO9/c1-9(30)29-17-19(36-12(4)33)18(35-11(3)32)16(8-34-10(2)31)38-20(17)37-15-6-13(21(23,24)25)5-14(7-15)22(26,27)28/h5-7,16-20H,8H2,1-4H3,(H,29,30)/t16-,17+,18+,19-,20-/m1/s1. The third-order valence-corrected chi connectivity index (χ3v) is 4.88. The summed E-state index contributed by atoms with van der Waals surface area (Å²) in [5.74, 6) is -4.48. The highest BCUT2D eigenvalue weighted by Crippen LogP contribution is 2.39. The van der Waals surface area contributed by atoms with Gasteiger partial charge in [-0.3, -0.25) is 19.2 Å². The molecule has 2 rings (SSSR count). The number of alkyl halides is 6. The summed E-state index contributed by atoms with van der Waals surface area (Å²) in [6, 6.07) is -1.20. The van der Waals surface area contributed by atoms with Crippen molar-refractivity contribution >= 4 is 23.8 Å². The van der Waals surface area contributed by atoms with Gasteiger partial charge < -0.3 is 29.0 Å². The molecule has 1 aromatic rings. The molecule has 1 saturated heterocycles. The number of amides is 1. The quantitative estimate of drug-likeness (QED) is 0.305. The van der Waals surface area contributed by atoms with Crippen LogP contribution < -0.4 is 10.1 Å². The summed E-state index contributed by atoms with van der Waals surface area (Å²) in [5, 5.41) is 2.28. The van der Waals surface area contributed by atoms with E-state index in [2.05, 4.69) is 5.32 Å². The van der Waals surface area contributed by atoms with E-state index in [0.717, 1.165) is 27.7 Å². The summed E-state index contributed by atoms with van der Waals surface area (Å²) in [5.41, 5.74) is -3.39. The van der Waals surface area contributed by atoms with Crippen molar-refractivity contribution in [3.8, 4) is 5.75 Å². The van der Waals surface area contributed by atoms with Crippen LogP contribution in [0, 0.1) is 0 Å². The van der Waals surface area contributed by atoms with E-state index in [4.69, 9.17) is 23.7 Å². The summed E-state index contributed by atoms with van der Waals surface area (Å²) in [7, 11) is 0. The molecule has 1 N–H and O–H groups in total. The monoisotopic (exact) mass is 559 g/mol. The van der Waals surface area contributed by atoms with Crippen molar-refractivity contribution in [3.63, 3.8) is 0 Å². The Kier molecular flexibility index (Phi) is 9.58. The van der Waals surface area contributed by atoms with Gasteiger partial charge in [-0.1, -0.05) is 0 Å². The summed E-state index contributed by atoms with van der Waals surface area (Å²) in [6.07, 6.45) is -17.0. The van der Waals surface area contributed by atoms with Gasteiger partial charge in [0.2, 0.25) is 12.2 Å². The second-order valence-electron chi connectivity index (χ2n) is 8.08. The molecule has 1 fully saturated rings. The number of nitrogens with one attached hydrogen (secondary N) is 1. The minimum Gasteiger partial charge on any atom is -0.463 e. The summed E-state index contributed by atoms with van der Waals surface area (Å²) >= 11 is 0. The fourth-order valence-electron chi connectivity index (χ4n) is 3.52. The zero-order valence-corrected chi connectivity index (χ0v) is 20.3. The molecule has 16 heteroatoms. The molecule has 0 bridgehead atoms. The SMILES string of the molecule is CC(=O)N[C@@H]1[C@H](Oc2cc(C(F)(F)F)cc(C(F)(F)F)c2)O[C@H](COC(C)=O)[C@H](OC(C)=O)[C@@H]1OC(C)=O. The van der Waals surface area contributed by atoms with Crippen molar-refractivity contribution in [1.82, 2.24) is 5.32 Å². The highest BCUT2D eigenvalue weighted by atomic mass is 19.4. The molecule has 1 aliphatic heterocycles. The molecule has 5 atom stereocenters. The molecule has 1 amide bonds. The number of esters is 3. The lowest BCUT2D eigenvalue weighted by Gasteiger charge is -2.44. The van der Waals surface area contributed by atoms with Crippen molar-refractivity contribution in [1.29, 1.82) is 0 Å². The summed E-state index contributed by atoms with van der Waals surface area (Å²) in [4.78, 5) is 46.8. The van der Waals surface area contributed by atoms with Gasteiger partial charge in [0.05, 0.1) is 11.1 Å². The van der Waals surface area contributed by atoms with Gasteiger partial charge in [0, 0.05) is 27.7 Å². The molecule has 0 aromatic heterocycles. The number of ether oxygens (including phenoxy) is 5. The molecule has 38 heavy (non-hydrogen) atoms. The van der Waals surface area contributed by atoms with Crippen LogP contribution in [-0.4, -0.2) is 61.1 Å². The second kappa shape index (κ2) is 11.9. The normalized spacial score (nSPS) is 23.7. The molecule has 0 aliphatic carbocycles. The minimum atomic E-state index is -5.19. The van der Waals surface area contributed by atoms with Crippen LogP contribution >= 0.6 is 0 Å². The number of hydrogen-bond acceptors (Lipinski definition) is 9. The van der Waals surface area contributed by atoms with Gasteiger partial charge in [-0.05, 0) is 18.2 Å².